The van der Waals surface area contributed by atoms with Gasteiger partial charge in [-0.15, -0.1) is 11.3 Å². The average molecular weight is 592 g/mol. The number of nitrogen functional groups attached to an aromatic ring is 1. The molecule has 204 valence electrons. The number of pyridine rings is 1. The van der Waals surface area contributed by atoms with Gasteiger partial charge in [-0.1, -0.05) is 23.7 Å². The smallest absolute Gasteiger partial charge is 0.393 e. The van der Waals surface area contributed by atoms with E-state index < -0.39 is 23.4 Å². The second kappa shape index (κ2) is 10.3. The van der Waals surface area contributed by atoms with Gasteiger partial charge in [-0.05, 0) is 48.0 Å². The zero-order chi connectivity index (χ0) is 28.8. The Hall–Kier alpha value is -4.87. The standard InChI is InChI=1S/C29H17ClF2N4O4S/c1-39-18-9-7-17(8-10-18)36-25(29(38)40-35-36)26(37)27-24(33)23-20(19-11-6-16(31)12-21(19)32)13-22(34-28(23)41-27)14-2-4-15(30)5-3-14/h2-13H,1H3,(H2-,33,35,37,38)/p+1. The van der Waals surface area contributed by atoms with Crippen LogP contribution in [0.1, 0.15) is 15.4 Å². The lowest BCUT2D eigenvalue weighted by Crippen LogP contribution is -2.38. The zero-order valence-electron chi connectivity index (χ0n) is 21.1. The van der Waals surface area contributed by atoms with E-state index in [1.54, 1.807) is 54.6 Å². The van der Waals surface area contributed by atoms with Crippen molar-refractivity contribution in [3.8, 4) is 39.8 Å². The number of methoxy groups -OCH3 is 1. The molecule has 0 aliphatic carbocycles. The summed E-state index contributed by atoms with van der Waals surface area (Å²) in [7, 11) is 1.52. The Morgan fingerprint density at radius 2 is 1.78 bits per heavy atom. The van der Waals surface area contributed by atoms with Gasteiger partial charge in [-0.25, -0.2) is 13.8 Å². The number of rotatable bonds is 6. The molecule has 0 bridgehead atoms. The van der Waals surface area contributed by atoms with Crippen molar-refractivity contribution in [3.63, 3.8) is 0 Å². The largest absolute Gasteiger partial charge is 0.497 e. The Morgan fingerprint density at radius 3 is 2.46 bits per heavy atom. The summed E-state index contributed by atoms with van der Waals surface area (Å²) in [6.45, 7) is 0. The molecule has 0 saturated carbocycles. The van der Waals surface area contributed by atoms with Gasteiger partial charge >= 0.3 is 11.6 Å². The topological polar surface area (TPSA) is 115 Å². The maximum atomic E-state index is 15.1. The molecular weight excluding hydrogens is 574 g/mol. The molecule has 0 unspecified atom stereocenters. The van der Waals surface area contributed by atoms with Crippen molar-refractivity contribution in [1.29, 1.82) is 0 Å². The third-order valence-corrected chi connectivity index (χ3v) is 7.77. The highest BCUT2D eigenvalue weighted by molar-refractivity contribution is 7.21. The van der Waals surface area contributed by atoms with Crippen molar-refractivity contribution in [3.05, 3.63) is 100 Å². The minimum absolute atomic E-state index is 0.00534. The number of fused-ring (bicyclic) bond motifs is 1. The van der Waals surface area contributed by atoms with E-state index in [2.05, 4.69) is 5.27 Å². The first-order chi connectivity index (χ1) is 19.7. The molecule has 0 fully saturated rings. The Balaban J connectivity index is 1.56. The van der Waals surface area contributed by atoms with Crippen LogP contribution in [0, 0.1) is 11.6 Å². The van der Waals surface area contributed by atoms with E-state index in [1.807, 2.05) is 0 Å². The number of hydrogen-bond donors (Lipinski definition) is 2. The second-order valence-corrected chi connectivity index (χ2v) is 10.3. The highest BCUT2D eigenvalue weighted by Crippen LogP contribution is 2.43. The Morgan fingerprint density at radius 1 is 1.05 bits per heavy atom. The SMILES string of the molecule is COc1ccc(-[n+]2noc(O)c2C(=O)c2sc3nc(-c4ccc(Cl)cc4)cc(-c4ccc(F)cc4F)c3c2N)cc1. The van der Waals surface area contributed by atoms with Crippen LogP contribution in [0.5, 0.6) is 11.7 Å². The van der Waals surface area contributed by atoms with E-state index >= 15 is 4.39 Å². The molecule has 3 aromatic heterocycles. The number of anilines is 1. The summed E-state index contributed by atoms with van der Waals surface area (Å²) in [5.41, 5.74) is 8.17. The van der Waals surface area contributed by atoms with Crippen LogP contribution in [-0.2, 0) is 0 Å². The van der Waals surface area contributed by atoms with Crippen LogP contribution >= 0.6 is 22.9 Å². The molecule has 0 aliphatic heterocycles. The van der Waals surface area contributed by atoms with Crippen LogP contribution in [-0.4, -0.2) is 28.3 Å². The Bertz CT molecular complexity index is 1960. The molecule has 0 aliphatic rings. The van der Waals surface area contributed by atoms with Gasteiger partial charge in [-0.2, -0.15) is 0 Å². The number of aromatic hydroxyl groups is 1. The van der Waals surface area contributed by atoms with Gasteiger partial charge in [0.25, 0.3) is 5.78 Å². The number of thiophene rings is 1. The molecule has 0 spiro atoms. The fraction of sp³-hybridized carbons (Fsp3) is 0.0345. The molecule has 41 heavy (non-hydrogen) atoms. The lowest BCUT2D eigenvalue weighted by molar-refractivity contribution is -0.672. The minimum atomic E-state index is -0.813. The number of nitrogens with two attached hydrogens (primary N) is 1. The first-order valence-electron chi connectivity index (χ1n) is 12.0. The molecule has 3 heterocycles. The quantitative estimate of drug-likeness (QED) is 0.171. The molecule has 0 saturated heterocycles. The molecule has 12 heteroatoms. The van der Waals surface area contributed by atoms with Crippen LogP contribution in [0.2, 0.25) is 5.02 Å². The van der Waals surface area contributed by atoms with E-state index in [-0.39, 0.29) is 21.8 Å². The first kappa shape index (κ1) is 26.4. The van der Waals surface area contributed by atoms with Gasteiger partial charge < -0.3 is 15.6 Å². The molecule has 0 amide bonds. The van der Waals surface area contributed by atoms with Crippen molar-refractivity contribution in [2.45, 2.75) is 0 Å². The lowest BCUT2D eigenvalue weighted by Gasteiger charge is -2.10. The normalized spacial score (nSPS) is 11.2. The number of nitrogens with zero attached hydrogens (tertiary/aromatic N) is 3. The van der Waals surface area contributed by atoms with Gasteiger partial charge in [0.1, 0.15) is 27.1 Å². The predicted octanol–water partition coefficient (Wildman–Crippen LogP) is 6.35. The van der Waals surface area contributed by atoms with Gasteiger partial charge in [0, 0.05) is 44.4 Å². The van der Waals surface area contributed by atoms with Crippen LogP contribution in [0.4, 0.5) is 14.5 Å². The van der Waals surface area contributed by atoms with Crippen molar-refractivity contribution >= 4 is 44.6 Å². The summed E-state index contributed by atoms with van der Waals surface area (Å²) in [5, 5.41) is 15.1. The third kappa shape index (κ3) is 4.64. The number of carbonyl (C=O) groups excluding carboxylic acids is 1. The van der Waals surface area contributed by atoms with Crippen LogP contribution < -0.4 is 15.2 Å². The number of ether oxygens (including phenoxy) is 1. The molecular formula is C29H18ClF2N4O4S+. The van der Waals surface area contributed by atoms with Crippen molar-refractivity contribution in [2.24, 2.45) is 0 Å². The summed E-state index contributed by atoms with van der Waals surface area (Å²) in [6.07, 6.45) is 0. The van der Waals surface area contributed by atoms with E-state index in [9.17, 15) is 14.3 Å². The monoisotopic (exact) mass is 591 g/mol. The highest BCUT2D eigenvalue weighted by Gasteiger charge is 2.37. The Kier molecular flexibility index (Phi) is 6.60. The van der Waals surface area contributed by atoms with Crippen LogP contribution in [0.3, 0.4) is 0 Å². The van der Waals surface area contributed by atoms with Gasteiger partial charge in [0.15, 0.2) is 0 Å². The number of ketones is 1. The number of benzene rings is 3. The predicted molar refractivity (Wildman–Crippen MR) is 150 cm³/mol. The molecule has 0 atom stereocenters. The molecule has 6 rings (SSSR count). The maximum absolute atomic E-state index is 15.1. The molecule has 8 nitrogen and oxygen atoms in total. The number of halogens is 3. The number of hydrogen-bond acceptors (Lipinski definition) is 8. The molecule has 3 N–H and O–H groups in total. The van der Waals surface area contributed by atoms with E-state index in [4.69, 9.17) is 31.6 Å². The Labute approximate surface area is 239 Å². The fourth-order valence-corrected chi connectivity index (χ4v) is 5.62. The number of carbonyl (C=O) groups is 1. The summed E-state index contributed by atoms with van der Waals surface area (Å²) >= 11 is 7.01. The maximum Gasteiger partial charge on any atom is 0.393 e. The van der Waals surface area contributed by atoms with E-state index in [1.165, 1.54) is 13.2 Å². The summed E-state index contributed by atoms with van der Waals surface area (Å²) < 4.78 is 40.1. The minimum Gasteiger partial charge on any atom is -0.497 e. The summed E-state index contributed by atoms with van der Waals surface area (Å²) in [4.78, 5) is 18.9. The van der Waals surface area contributed by atoms with Gasteiger partial charge in [0.2, 0.25) is 11.0 Å². The number of aromatic nitrogens is 3. The molecule has 0 radical (unpaired) electrons. The van der Waals surface area contributed by atoms with Gasteiger partial charge in [0.05, 0.1) is 18.5 Å². The molecule has 6 aromatic rings. The second-order valence-electron chi connectivity index (χ2n) is 8.88. The van der Waals surface area contributed by atoms with Crippen molar-refractivity contribution in [2.75, 3.05) is 12.8 Å². The van der Waals surface area contributed by atoms with Crippen LogP contribution in [0.15, 0.2) is 77.3 Å². The van der Waals surface area contributed by atoms with Gasteiger partial charge in [-0.3, -0.25) is 9.32 Å². The zero-order valence-corrected chi connectivity index (χ0v) is 22.6. The summed E-state index contributed by atoms with van der Waals surface area (Å²) in [6, 6.07) is 18.2. The van der Waals surface area contributed by atoms with Crippen molar-refractivity contribution in [1.82, 2.24) is 10.3 Å². The summed E-state index contributed by atoms with van der Waals surface area (Å²) in [5.74, 6) is -2.39. The highest BCUT2D eigenvalue weighted by atomic mass is 35.5. The van der Waals surface area contributed by atoms with E-state index in [0.717, 1.165) is 28.2 Å². The lowest BCUT2D eigenvalue weighted by atomic mass is 9.98. The van der Waals surface area contributed by atoms with Crippen molar-refractivity contribution < 1.29 is 32.6 Å². The van der Waals surface area contributed by atoms with E-state index in [0.29, 0.717) is 43.5 Å². The third-order valence-electron chi connectivity index (χ3n) is 6.42. The fourth-order valence-electron chi connectivity index (χ4n) is 4.43. The first-order valence-corrected chi connectivity index (χ1v) is 13.2. The molecule has 3 aromatic carbocycles. The average Bonchev–Trinajstić information content (AvgIpc) is 3.52. The van der Waals surface area contributed by atoms with Crippen LogP contribution in [0.25, 0.3) is 38.3 Å².